The highest BCUT2D eigenvalue weighted by Crippen LogP contribution is 2.23. The third-order valence-corrected chi connectivity index (χ3v) is 3.54. The molecule has 0 aromatic carbocycles. The van der Waals surface area contributed by atoms with Gasteiger partial charge in [0.15, 0.2) is 0 Å². The number of nitrogens with zero attached hydrogens (tertiary/aromatic N) is 2. The monoisotopic (exact) mass is 316 g/mol. The van der Waals surface area contributed by atoms with Gasteiger partial charge in [-0.05, 0) is 12.8 Å². The molecule has 1 saturated heterocycles. The zero-order valence-corrected chi connectivity index (χ0v) is 13.7. The summed E-state index contributed by atoms with van der Waals surface area (Å²) in [6.45, 7) is 8.27. The Morgan fingerprint density at radius 1 is 1.48 bits per heavy atom. The van der Waals surface area contributed by atoms with Crippen molar-refractivity contribution in [2.24, 2.45) is 5.73 Å². The van der Waals surface area contributed by atoms with Crippen molar-refractivity contribution in [3.63, 3.8) is 0 Å². The van der Waals surface area contributed by atoms with Crippen LogP contribution in [0.2, 0.25) is 0 Å². The molecule has 0 bridgehead atoms. The van der Waals surface area contributed by atoms with E-state index in [1.165, 1.54) is 0 Å². The van der Waals surface area contributed by atoms with Crippen LogP contribution >= 0.6 is 12.4 Å². The first kappa shape index (κ1) is 17.9. The second-order valence-corrected chi connectivity index (χ2v) is 6.49. The highest BCUT2D eigenvalue weighted by atomic mass is 35.5. The van der Waals surface area contributed by atoms with Gasteiger partial charge < -0.3 is 10.3 Å². The maximum absolute atomic E-state index is 11.9. The minimum Gasteiger partial charge on any atom is -0.338 e. The highest BCUT2D eigenvalue weighted by Gasteiger charge is 2.21. The normalized spacial score (nSPS) is 17.3. The number of likely N-dealkylation sites (tertiary alicyclic amines) is 1. The molecule has 0 radical (unpaired) electrons. The van der Waals surface area contributed by atoms with E-state index >= 15 is 0 Å². The molecule has 0 atom stereocenters. The summed E-state index contributed by atoms with van der Waals surface area (Å²) < 4.78 is 5.15. The Hall–Kier alpha value is -1.11. The summed E-state index contributed by atoms with van der Waals surface area (Å²) in [4.78, 5) is 14.1. The van der Waals surface area contributed by atoms with Gasteiger partial charge in [-0.25, -0.2) is 0 Å². The number of aromatic nitrogens is 1. The van der Waals surface area contributed by atoms with Crippen LogP contribution < -0.4 is 11.1 Å². The van der Waals surface area contributed by atoms with Crippen molar-refractivity contribution in [1.29, 1.82) is 0 Å². The first-order valence-corrected chi connectivity index (χ1v) is 7.09. The molecule has 1 aliphatic rings. The van der Waals surface area contributed by atoms with Crippen molar-refractivity contribution in [3.05, 3.63) is 11.8 Å². The number of hydrogen-bond acceptors (Lipinski definition) is 5. The lowest BCUT2D eigenvalue weighted by atomic mass is 9.92. The zero-order valence-electron chi connectivity index (χ0n) is 12.9. The van der Waals surface area contributed by atoms with Crippen molar-refractivity contribution in [3.8, 4) is 0 Å². The molecule has 3 N–H and O–H groups in total. The second kappa shape index (κ2) is 7.24. The van der Waals surface area contributed by atoms with Gasteiger partial charge in [0.05, 0.1) is 12.2 Å². The van der Waals surface area contributed by atoms with E-state index in [2.05, 4.69) is 15.4 Å². The van der Waals surface area contributed by atoms with E-state index in [9.17, 15) is 4.79 Å². The van der Waals surface area contributed by atoms with E-state index in [0.717, 1.165) is 31.6 Å². The SMILES string of the molecule is CC(C)(C)c1cc(NC(=O)CN2CCC(N)CC2)on1.Cl. The molecule has 0 spiro atoms. The molecule has 1 amide bonds. The van der Waals surface area contributed by atoms with Gasteiger partial charge in [0.2, 0.25) is 11.8 Å². The lowest BCUT2D eigenvalue weighted by Crippen LogP contribution is -2.43. The number of carbonyl (C=O) groups is 1. The predicted molar refractivity (Wildman–Crippen MR) is 84.7 cm³/mol. The standard InChI is InChI=1S/C14H24N4O2.ClH/c1-14(2,3)11-8-13(20-17-11)16-12(19)9-18-6-4-10(15)5-7-18;/h8,10H,4-7,9,15H2,1-3H3,(H,16,19);1H. The molecule has 1 aromatic rings. The molecule has 0 saturated carbocycles. The molecule has 1 aliphatic heterocycles. The Morgan fingerprint density at radius 2 is 2.10 bits per heavy atom. The fourth-order valence-electron chi connectivity index (χ4n) is 2.18. The first-order valence-electron chi connectivity index (χ1n) is 7.09. The number of hydrogen-bond donors (Lipinski definition) is 2. The molecule has 6 nitrogen and oxygen atoms in total. The van der Waals surface area contributed by atoms with Crippen molar-refractivity contribution in [1.82, 2.24) is 10.1 Å². The van der Waals surface area contributed by atoms with Crippen LogP contribution in [0, 0.1) is 0 Å². The molecule has 0 unspecified atom stereocenters. The number of carbonyl (C=O) groups excluding carboxylic acids is 1. The van der Waals surface area contributed by atoms with Crippen LogP contribution in [0.5, 0.6) is 0 Å². The number of piperidine rings is 1. The quantitative estimate of drug-likeness (QED) is 0.887. The van der Waals surface area contributed by atoms with E-state index in [4.69, 9.17) is 10.3 Å². The number of rotatable bonds is 3. The number of anilines is 1. The summed E-state index contributed by atoms with van der Waals surface area (Å²) in [5.74, 6) is 0.339. The third kappa shape index (κ3) is 5.30. The van der Waals surface area contributed by atoms with E-state index < -0.39 is 0 Å². The molecule has 7 heteroatoms. The molecule has 2 heterocycles. The maximum atomic E-state index is 11.9. The second-order valence-electron chi connectivity index (χ2n) is 6.49. The van der Waals surface area contributed by atoms with Gasteiger partial charge in [-0.15, -0.1) is 12.4 Å². The molecular formula is C14H25ClN4O2. The summed E-state index contributed by atoms with van der Waals surface area (Å²) >= 11 is 0. The van der Waals surface area contributed by atoms with Gasteiger partial charge in [0.1, 0.15) is 0 Å². The van der Waals surface area contributed by atoms with Gasteiger partial charge >= 0.3 is 0 Å². The van der Waals surface area contributed by atoms with Crippen molar-refractivity contribution >= 4 is 24.2 Å². The Morgan fingerprint density at radius 3 is 2.62 bits per heavy atom. The molecule has 120 valence electrons. The Labute approximate surface area is 131 Å². The highest BCUT2D eigenvalue weighted by molar-refractivity contribution is 5.91. The lowest BCUT2D eigenvalue weighted by Gasteiger charge is -2.29. The van der Waals surface area contributed by atoms with Crippen LogP contribution in [0.4, 0.5) is 5.88 Å². The van der Waals surface area contributed by atoms with Crippen LogP contribution in [0.3, 0.4) is 0 Å². The summed E-state index contributed by atoms with van der Waals surface area (Å²) in [6.07, 6.45) is 1.90. The fraction of sp³-hybridized carbons (Fsp3) is 0.714. The van der Waals surface area contributed by atoms with Crippen molar-refractivity contribution in [2.75, 3.05) is 25.0 Å². The number of halogens is 1. The smallest absolute Gasteiger partial charge is 0.240 e. The van der Waals surface area contributed by atoms with Crippen LogP contribution in [-0.4, -0.2) is 41.6 Å². The van der Waals surface area contributed by atoms with Gasteiger partial charge in [0.25, 0.3) is 0 Å². The van der Waals surface area contributed by atoms with Crippen molar-refractivity contribution in [2.45, 2.75) is 45.1 Å². The Bertz CT molecular complexity index is 462. The van der Waals surface area contributed by atoms with E-state index in [1.807, 2.05) is 20.8 Å². The summed E-state index contributed by atoms with van der Waals surface area (Å²) in [7, 11) is 0. The van der Waals surface area contributed by atoms with Crippen LogP contribution in [-0.2, 0) is 10.2 Å². The van der Waals surface area contributed by atoms with Gasteiger partial charge in [-0.3, -0.25) is 15.0 Å². The summed E-state index contributed by atoms with van der Waals surface area (Å²) in [5.41, 5.74) is 6.59. The topological polar surface area (TPSA) is 84.4 Å². The zero-order chi connectivity index (χ0) is 14.8. The van der Waals surface area contributed by atoms with Gasteiger partial charge in [-0.1, -0.05) is 25.9 Å². The van der Waals surface area contributed by atoms with Crippen LogP contribution in [0.25, 0.3) is 0 Å². The molecule has 0 aliphatic carbocycles. The number of nitrogens with one attached hydrogen (secondary N) is 1. The number of amides is 1. The summed E-state index contributed by atoms with van der Waals surface area (Å²) in [6, 6.07) is 2.06. The number of nitrogens with two attached hydrogens (primary N) is 1. The first-order chi connectivity index (χ1) is 9.34. The minimum atomic E-state index is -0.0878. The molecule has 21 heavy (non-hydrogen) atoms. The maximum Gasteiger partial charge on any atom is 0.240 e. The van der Waals surface area contributed by atoms with Crippen LogP contribution in [0.15, 0.2) is 10.6 Å². The molecule has 1 aromatic heterocycles. The fourth-order valence-corrected chi connectivity index (χ4v) is 2.18. The predicted octanol–water partition coefficient (Wildman–Crippen LogP) is 1.76. The Balaban J connectivity index is 0.00000220. The molecule has 2 rings (SSSR count). The van der Waals surface area contributed by atoms with Gasteiger partial charge in [0, 0.05) is 30.6 Å². The van der Waals surface area contributed by atoms with Gasteiger partial charge in [-0.2, -0.15) is 0 Å². The largest absolute Gasteiger partial charge is 0.338 e. The van der Waals surface area contributed by atoms with E-state index in [-0.39, 0.29) is 29.8 Å². The average Bonchev–Trinajstić information content (AvgIpc) is 2.80. The molecule has 1 fully saturated rings. The minimum absolute atomic E-state index is 0. The Kier molecular flexibility index (Phi) is 6.19. The third-order valence-electron chi connectivity index (χ3n) is 3.54. The molecular weight excluding hydrogens is 292 g/mol. The van der Waals surface area contributed by atoms with Crippen LogP contribution in [0.1, 0.15) is 39.3 Å². The lowest BCUT2D eigenvalue weighted by molar-refractivity contribution is -0.117. The van der Waals surface area contributed by atoms with Crippen molar-refractivity contribution < 1.29 is 9.32 Å². The van der Waals surface area contributed by atoms with E-state index in [0.29, 0.717) is 12.4 Å². The van der Waals surface area contributed by atoms with E-state index in [1.54, 1.807) is 6.07 Å². The summed E-state index contributed by atoms with van der Waals surface area (Å²) in [5, 5.41) is 6.73. The average molecular weight is 317 g/mol.